The first kappa shape index (κ1) is 10.4. The van der Waals surface area contributed by atoms with Gasteiger partial charge in [0, 0.05) is 5.38 Å². The van der Waals surface area contributed by atoms with Crippen LogP contribution in [0.15, 0.2) is 29.6 Å². The minimum atomic E-state index is -0.314. The van der Waals surface area contributed by atoms with Crippen molar-refractivity contribution in [2.45, 2.75) is 0 Å². The molecule has 5 nitrogen and oxygen atoms in total. The van der Waals surface area contributed by atoms with Crippen molar-refractivity contribution in [1.29, 1.82) is 0 Å². The molecule has 1 heterocycles. The fourth-order valence-electron chi connectivity index (χ4n) is 1.19. The molecule has 0 saturated heterocycles. The summed E-state index contributed by atoms with van der Waals surface area (Å²) in [5.74, 6) is -0.314. The Morgan fingerprint density at radius 1 is 1.31 bits per heavy atom. The van der Waals surface area contributed by atoms with Crippen LogP contribution in [-0.4, -0.2) is 10.9 Å². The summed E-state index contributed by atoms with van der Waals surface area (Å²) in [6.45, 7) is 0. The molecule has 1 aromatic carbocycles. The van der Waals surface area contributed by atoms with Crippen molar-refractivity contribution in [3.8, 4) is 0 Å². The number of anilines is 3. The number of carbonyl (C=O) groups excluding carboxylic acids is 1. The number of thiazole rings is 1. The Hall–Kier alpha value is -2.08. The summed E-state index contributed by atoms with van der Waals surface area (Å²) in [6, 6.07) is 7.03. The minimum Gasteiger partial charge on any atom is -0.397 e. The zero-order chi connectivity index (χ0) is 11.5. The van der Waals surface area contributed by atoms with E-state index < -0.39 is 0 Å². The van der Waals surface area contributed by atoms with E-state index in [0.717, 1.165) is 0 Å². The van der Waals surface area contributed by atoms with Crippen LogP contribution in [-0.2, 0) is 0 Å². The predicted molar refractivity (Wildman–Crippen MR) is 65.3 cm³/mol. The van der Waals surface area contributed by atoms with Gasteiger partial charge in [0.05, 0.1) is 11.4 Å². The number of nitrogens with two attached hydrogens (primary N) is 2. The molecule has 0 spiro atoms. The van der Waals surface area contributed by atoms with Gasteiger partial charge in [-0.1, -0.05) is 12.1 Å². The Balaban J connectivity index is 2.17. The van der Waals surface area contributed by atoms with Crippen molar-refractivity contribution in [2.75, 3.05) is 16.8 Å². The molecule has 0 unspecified atom stereocenters. The van der Waals surface area contributed by atoms with Gasteiger partial charge in [0.2, 0.25) is 0 Å². The number of para-hydroxylation sites is 2. The van der Waals surface area contributed by atoms with E-state index in [1.54, 1.807) is 29.6 Å². The van der Waals surface area contributed by atoms with Gasteiger partial charge in [0.25, 0.3) is 5.91 Å². The average molecular weight is 234 g/mol. The van der Waals surface area contributed by atoms with Gasteiger partial charge in [-0.2, -0.15) is 0 Å². The monoisotopic (exact) mass is 234 g/mol. The highest BCUT2D eigenvalue weighted by molar-refractivity contribution is 7.13. The summed E-state index contributed by atoms with van der Waals surface area (Å²) in [5.41, 5.74) is 12.5. The number of amides is 1. The molecule has 0 aliphatic rings. The topological polar surface area (TPSA) is 94.0 Å². The van der Waals surface area contributed by atoms with Crippen molar-refractivity contribution >= 4 is 33.8 Å². The second-order valence-electron chi connectivity index (χ2n) is 3.11. The third-order valence-corrected chi connectivity index (χ3v) is 2.64. The summed E-state index contributed by atoms with van der Waals surface area (Å²) in [4.78, 5) is 15.6. The zero-order valence-corrected chi connectivity index (χ0v) is 9.12. The number of hydrogen-bond acceptors (Lipinski definition) is 5. The van der Waals surface area contributed by atoms with Crippen LogP contribution in [0.3, 0.4) is 0 Å². The summed E-state index contributed by atoms with van der Waals surface area (Å²) in [7, 11) is 0. The first-order valence-electron chi connectivity index (χ1n) is 4.53. The molecule has 0 atom stereocenters. The third-order valence-electron chi connectivity index (χ3n) is 1.96. The van der Waals surface area contributed by atoms with E-state index in [0.29, 0.717) is 22.2 Å². The van der Waals surface area contributed by atoms with E-state index in [1.807, 2.05) is 0 Å². The molecule has 0 aliphatic heterocycles. The number of nitrogens with zero attached hydrogens (tertiary/aromatic N) is 1. The van der Waals surface area contributed by atoms with E-state index in [2.05, 4.69) is 10.3 Å². The molecule has 82 valence electrons. The number of nitrogen functional groups attached to an aromatic ring is 2. The van der Waals surface area contributed by atoms with Crippen molar-refractivity contribution in [1.82, 2.24) is 4.98 Å². The molecule has 0 bridgehead atoms. The number of rotatable bonds is 2. The highest BCUT2D eigenvalue weighted by Crippen LogP contribution is 2.18. The fraction of sp³-hybridized carbons (Fsp3) is 0. The Morgan fingerprint density at radius 3 is 2.69 bits per heavy atom. The SMILES string of the molecule is Nc1nc(C(=O)Nc2ccccc2N)cs1. The van der Waals surface area contributed by atoms with Crippen LogP contribution < -0.4 is 16.8 Å². The lowest BCUT2D eigenvalue weighted by Gasteiger charge is -2.05. The Bertz CT molecular complexity index is 523. The van der Waals surface area contributed by atoms with Gasteiger partial charge in [0.15, 0.2) is 5.13 Å². The first-order valence-corrected chi connectivity index (χ1v) is 5.41. The van der Waals surface area contributed by atoms with Crippen molar-refractivity contribution in [2.24, 2.45) is 0 Å². The van der Waals surface area contributed by atoms with Gasteiger partial charge < -0.3 is 16.8 Å². The minimum absolute atomic E-state index is 0.297. The predicted octanol–water partition coefficient (Wildman–Crippen LogP) is 1.56. The van der Waals surface area contributed by atoms with Crippen molar-refractivity contribution in [3.63, 3.8) is 0 Å². The van der Waals surface area contributed by atoms with E-state index >= 15 is 0 Å². The van der Waals surface area contributed by atoms with E-state index in [-0.39, 0.29) is 5.91 Å². The lowest BCUT2D eigenvalue weighted by Crippen LogP contribution is -2.13. The van der Waals surface area contributed by atoms with Crippen LogP contribution >= 0.6 is 11.3 Å². The molecule has 0 aliphatic carbocycles. The van der Waals surface area contributed by atoms with Crippen molar-refractivity contribution < 1.29 is 4.79 Å². The molecular formula is C10H10N4OS. The van der Waals surface area contributed by atoms with Gasteiger partial charge in [-0.05, 0) is 12.1 Å². The molecule has 16 heavy (non-hydrogen) atoms. The summed E-state index contributed by atoms with van der Waals surface area (Å²) >= 11 is 1.22. The average Bonchev–Trinajstić information content (AvgIpc) is 2.68. The molecule has 0 saturated carbocycles. The number of carbonyl (C=O) groups is 1. The second-order valence-corrected chi connectivity index (χ2v) is 4.00. The maximum absolute atomic E-state index is 11.7. The number of hydrogen-bond donors (Lipinski definition) is 3. The zero-order valence-electron chi connectivity index (χ0n) is 8.31. The number of nitrogens with one attached hydrogen (secondary N) is 1. The molecule has 5 N–H and O–H groups in total. The number of aromatic nitrogens is 1. The summed E-state index contributed by atoms with van der Waals surface area (Å²) in [5, 5.41) is 4.63. The highest BCUT2D eigenvalue weighted by atomic mass is 32.1. The fourth-order valence-corrected chi connectivity index (χ4v) is 1.73. The maximum atomic E-state index is 11.7. The quantitative estimate of drug-likeness (QED) is 0.687. The van der Waals surface area contributed by atoms with Crippen molar-refractivity contribution in [3.05, 3.63) is 35.3 Å². The molecule has 2 rings (SSSR count). The Labute approximate surface area is 96.1 Å². The molecule has 1 aromatic heterocycles. The van der Waals surface area contributed by atoms with Gasteiger partial charge in [-0.3, -0.25) is 4.79 Å². The van der Waals surface area contributed by atoms with Crippen LogP contribution in [0.25, 0.3) is 0 Å². The first-order chi connectivity index (χ1) is 7.66. The Morgan fingerprint density at radius 2 is 2.06 bits per heavy atom. The summed E-state index contributed by atoms with van der Waals surface area (Å²) < 4.78 is 0. The Kier molecular flexibility index (Phi) is 2.74. The largest absolute Gasteiger partial charge is 0.397 e. The number of benzene rings is 1. The molecule has 0 radical (unpaired) electrons. The van der Waals surface area contributed by atoms with Gasteiger partial charge in [0.1, 0.15) is 5.69 Å². The lowest BCUT2D eigenvalue weighted by molar-refractivity contribution is 0.102. The smallest absolute Gasteiger partial charge is 0.275 e. The van der Waals surface area contributed by atoms with Crippen LogP contribution in [0.4, 0.5) is 16.5 Å². The standard InChI is InChI=1S/C10H10N4OS/c11-6-3-1-2-4-7(6)13-9(15)8-5-16-10(12)14-8/h1-5H,11H2,(H2,12,14)(H,13,15). The third kappa shape index (κ3) is 2.12. The van der Waals surface area contributed by atoms with Crippen LogP contribution in [0.1, 0.15) is 10.5 Å². The van der Waals surface area contributed by atoms with E-state index in [9.17, 15) is 4.79 Å². The molecule has 2 aromatic rings. The molecule has 1 amide bonds. The molecule has 6 heteroatoms. The molecule has 0 fully saturated rings. The van der Waals surface area contributed by atoms with E-state index in [4.69, 9.17) is 11.5 Å². The van der Waals surface area contributed by atoms with Gasteiger partial charge in [-0.15, -0.1) is 11.3 Å². The second kappa shape index (κ2) is 4.19. The molecular weight excluding hydrogens is 224 g/mol. The lowest BCUT2D eigenvalue weighted by atomic mass is 10.2. The van der Waals surface area contributed by atoms with Crippen LogP contribution in [0.2, 0.25) is 0 Å². The van der Waals surface area contributed by atoms with E-state index in [1.165, 1.54) is 11.3 Å². The van der Waals surface area contributed by atoms with Crippen LogP contribution in [0, 0.1) is 0 Å². The normalized spacial score (nSPS) is 10.0. The van der Waals surface area contributed by atoms with Gasteiger partial charge in [-0.25, -0.2) is 4.98 Å². The van der Waals surface area contributed by atoms with Gasteiger partial charge >= 0.3 is 0 Å². The van der Waals surface area contributed by atoms with Crippen LogP contribution in [0.5, 0.6) is 0 Å². The highest BCUT2D eigenvalue weighted by Gasteiger charge is 2.10. The summed E-state index contributed by atoms with van der Waals surface area (Å²) in [6.07, 6.45) is 0. The maximum Gasteiger partial charge on any atom is 0.275 e.